The number of aromatic nitrogens is 1. The number of aryl methyl sites for hydroxylation is 1. The van der Waals surface area contributed by atoms with Gasteiger partial charge in [0, 0.05) is 5.56 Å². The summed E-state index contributed by atoms with van der Waals surface area (Å²) in [5, 5.41) is 1.12. The van der Waals surface area contributed by atoms with Crippen molar-refractivity contribution < 1.29 is 24.0 Å². The van der Waals surface area contributed by atoms with Crippen LogP contribution in [0.15, 0.2) is 48.5 Å². The summed E-state index contributed by atoms with van der Waals surface area (Å²) in [7, 11) is 1.58. The van der Waals surface area contributed by atoms with Crippen molar-refractivity contribution in [3.63, 3.8) is 0 Å². The number of thiazole rings is 1. The maximum absolute atomic E-state index is 12.6. The molecule has 3 aromatic rings. The lowest BCUT2D eigenvalue weighted by atomic mass is 10.1. The maximum Gasteiger partial charge on any atom is 0.375 e. The Labute approximate surface area is 164 Å². The van der Waals surface area contributed by atoms with Crippen molar-refractivity contribution in [3.05, 3.63) is 70.2 Å². The normalized spacial score (nSPS) is 12.9. The lowest BCUT2D eigenvalue weighted by Gasteiger charge is -2.11. The number of hydroxylamine groups is 2. The molecule has 1 aliphatic heterocycles. The minimum absolute atomic E-state index is 0.209. The molecule has 0 unspecified atom stereocenters. The summed E-state index contributed by atoms with van der Waals surface area (Å²) >= 11 is 1.13. The highest BCUT2D eigenvalue weighted by atomic mass is 32.1. The monoisotopic (exact) mass is 394 g/mol. The molecule has 1 aromatic heterocycles. The number of hydrogen-bond donors (Lipinski definition) is 0. The molecule has 1 aliphatic rings. The number of carbonyl (C=O) groups excluding carboxylic acids is 3. The molecule has 8 heteroatoms. The first-order chi connectivity index (χ1) is 13.5. The number of nitrogens with zero attached hydrogens (tertiary/aromatic N) is 2. The van der Waals surface area contributed by atoms with Crippen LogP contribution in [0.3, 0.4) is 0 Å². The fourth-order valence-corrected chi connectivity index (χ4v) is 3.76. The van der Waals surface area contributed by atoms with Gasteiger partial charge in [-0.3, -0.25) is 9.59 Å². The smallest absolute Gasteiger partial charge is 0.375 e. The van der Waals surface area contributed by atoms with Crippen LogP contribution in [0, 0.1) is 6.92 Å². The van der Waals surface area contributed by atoms with Crippen LogP contribution >= 0.6 is 11.3 Å². The van der Waals surface area contributed by atoms with Gasteiger partial charge in [0.2, 0.25) is 0 Å². The second-order valence-corrected chi connectivity index (χ2v) is 6.99. The van der Waals surface area contributed by atoms with Gasteiger partial charge in [-0.25, -0.2) is 9.78 Å². The predicted molar refractivity (Wildman–Crippen MR) is 101 cm³/mol. The Morgan fingerprint density at radius 1 is 1.00 bits per heavy atom. The van der Waals surface area contributed by atoms with Crippen LogP contribution in [0.2, 0.25) is 0 Å². The topological polar surface area (TPSA) is 85.8 Å². The zero-order valence-electron chi connectivity index (χ0n) is 15.0. The van der Waals surface area contributed by atoms with Gasteiger partial charge in [0.1, 0.15) is 15.6 Å². The first-order valence-corrected chi connectivity index (χ1v) is 9.13. The van der Waals surface area contributed by atoms with E-state index in [2.05, 4.69) is 4.98 Å². The minimum atomic E-state index is -0.802. The van der Waals surface area contributed by atoms with E-state index in [1.165, 1.54) is 12.1 Å². The molecule has 0 saturated carbocycles. The molecule has 28 heavy (non-hydrogen) atoms. The third kappa shape index (κ3) is 2.93. The summed E-state index contributed by atoms with van der Waals surface area (Å²) in [6, 6.07) is 13.6. The molecule has 2 heterocycles. The number of ether oxygens (including phenoxy) is 1. The van der Waals surface area contributed by atoms with E-state index >= 15 is 0 Å². The standard InChI is InChI=1S/C20H14N2O5S/c1-11-16(28-17(21-11)12-7-9-13(26-2)10-8-12)20(25)27-22-18(23)14-5-3-4-6-15(14)19(22)24/h3-10H,1-2H3. The minimum Gasteiger partial charge on any atom is -0.497 e. The van der Waals surface area contributed by atoms with E-state index in [0.29, 0.717) is 21.5 Å². The summed E-state index contributed by atoms with van der Waals surface area (Å²) < 4.78 is 5.13. The highest BCUT2D eigenvalue weighted by Gasteiger charge is 2.39. The van der Waals surface area contributed by atoms with Gasteiger partial charge in [-0.15, -0.1) is 11.3 Å². The van der Waals surface area contributed by atoms with Gasteiger partial charge in [-0.1, -0.05) is 17.2 Å². The third-order valence-corrected chi connectivity index (χ3v) is 5.44. The zero-order valence-corrected chi connectivity index (χ0v) is 15.8. The lowest BCUT2D eigenvalue weighted by Crippen LogP contribution is -2.32. The van der Waals surface area contributed by atoms with Crippen molar-refractivity contribution in [1.82, 2.24) is 10.0 Å². The first-order valence-electron chi connectivity index (χ1n) is 8.31. The second-order valence-electron chi connectivity index (χ2n) is 5.99. The maximum atomic E-state index is 12.6. The number of amides is 2. The van der Waals surface area contributed by atoms with E-state index in [1.54, 1.807) is 38.3 Å². The number of rotatable bonds is 4. The van der Waals surface area contributed by atoms with Crippen LogP contribution in [-0.2, 0) is 4.84 Å². The molecule has 0 N–H and O–H groups in total. The molecule has 0 bridgehead atoms. The Balaban J connectivity index is 1.57. The van der Waals surface area contributed by atoms with Crippen molar-refractivity contribution >= 4 is 29.1 Å². The highest BCUT2D eigenvalue weighted by Crippen LogP contribution is 2.31. The number of carbonyl (C=O) groups is 3. The van der Waals surface area contributed by atoms with Crippen LogP contribution < -0.4 is 4.74 Å². The number of methoxy groups -OCH3 is 1. The van der Waals surface area contributed by atoms with Gasteiger partial charge in [0.15, 0.2) is 0 Å². The van der Waals surface area contributed by atoms with E-state index in [-0.39, 0.29) is 16.0 Å². The Kier molecular flexibility index (Phi) is 4.40. The predicted octanol–water partition coefficient (Wildman–Crippen LogP) is 3.50. The van der Waals surface area contributed by atoms with Gasteiger partial charge in [-0.2, -0.15) is 0 Å². The van der Waals surface area contributed by atoms with Crippen molar-refractivity contribution in [1.29, 1.82) is 0 Å². The first kappa shape index (κ1) is 17.9. The van der Waals surface area contributed by atoms with Crippen molar-refractivity contribution in [2.24, 2.45) is 0 Å². The van der Waals surface area contributed by atoms with Crippen molar-refractivity contribution in [2.75, 3.05) is 7.11 Å². The number of benzene rings is 2. The van der Waals surface area contributed by atoms with E-state index < -0.39 is 17.8 Å². The van der Waals surface area contributed by atoms with E-state index in [0.717, 1.165) is 16.9 Å². The number of imide groups is 1. The zero-order chi connectivity index (χ0) is 19.8. The molecule has 2 aromatic carbocycles. The summed E-state index contributed by atoms with van der Waals surface area (Å²) in [4.78, 5) is 47.0. The second kappa shape index (κ2) is 6.90. The third-order valence-electron chi connectivity index (χ3n) is 4.25. The van der Waals surface area contributed by atoms with Crippen LogP contribution in [-0.4, -0.2) is 34.9 Å². The average molecular weight is 394 g/mol. The van der Waals surface area contributed by atoms with Gasteiger partial charge >= 0.3 is 5.97 Å². The Hall–Kier alpha value is -3.52. The Bertz CT molecular complexity index is 1070. The summed E-state index contributed by atoms with van der Waals surface area (Å²) in [5.74, 6) is -1.41. The van der Waals surface area contributed by atoms with Crippen LogP contribution in [0.5, 0.6) is 5.75 Å². The van der Waals surface area contributed by atoms with Crippen LogP contribution in [0.25, 0.3) is 10.6 Å². The molecule has 0 radical (unpaired) electrons. The molecular weight excluding hydrogens is 380 g/mol. The van der Waals surface area contributed by atoms with Crippen molar-refractivity contribution in [2.45, 2.75) is 6.92 Å². The van der Waals surface area contributed by atoms with E-state index in [1.807, 2.05) is 12.1 Å². The van der Waals surface area contributed by atoms with E-state index in [4.69, 9.17) is 9.57 Å². The molecule has 0 atom stereocenters. The summed E-state index contributed by atoms with van der Waals surface area (Å²) in [5.41, 5.74) is 1.69. The largest absolute Gasteiger partial charge is 0.497 e. The van der Waals surface area contributed by atoms with Gasteiger partial charge in [0.05, 0.1) is 23.9 Å². The molecule has 0 saturated heterocycles. The van der Waals surface area contributed by atoms with Crippen LogP contribution in [0.1, 0.15) is 36.1 Å². The summed E-state index contributed by atoms with van der Waals surface area (Å²) in [6.45, 7) is 1.67. The van der Waals surface area contributed by atoms with Crippen LogP contribution in [0.4, 0.5) is 0 Å². The van der Waals surface area contributed by atoms with E-state index in [9.17, 15) is 14.4 Å². The average Bonchev–Trinajstić information content (AvgIpc) is 3.22. The van der Waals surface area contributed by atoms with Gasteiger partial charge in [-0.05, 0) is 43.3 Å². The molecule has 140 valence electrons. The van der Waals surface area contributed by atoms with Crippen molar-refractivity contribution in [3.8, 4) is 16.3 Å². The molecule has 0 spiro atoms. The lowest BCUT2D eigenvalue weighted by molar-refractivity contribution is -0.0581. The van der Waals surface area contributed by atoms with Gasteiger partial charge < -0.3 is 9.57 Å². The van der Waals surface area contributed by atoms with Gasteiger partial charge in [0.25, 0.3) is 11.8 Å². The number of fused-ring (bicyclic) bond motifs is 1. The fraction of sp³-hybridized carbons (Fsp3) is 0.100. The SMILES string of the molecule is COc1ccc(-c2nc(C)c(C(=O)ON3C(=O)c4ccccc4C3=O)s2)cc1. The highest BCUT2D eigenvalue weighted by molar-refractivity contribution is 7.17. The Morgan fingerprint density at radius 3 is 2.18 bits per heavy atom. The molecule has 0 aliphatic carbocycles. The molecule has 7 nitrogen and oxygen atoms in total. The number of hydrogen-bond acceptors (Lipinski definition) is 7. The fourth-order valence-electron chi connectivity index (χ4n) is 2.82. The molecule has 0 fully saturated rings. The molecule has 4 rings (SSSR count). The quantitative estimate of drug-likeness (QED) is 0.630. The Morgan fingerprint density at radius 2 is 1.61 bits per heavy atom. The summed E-state index contributed by atoms with van der Waals surface area (Å²) in [6.07, 6.45) is 0. The molecular formula is C20H14N2O5S. The molecule has 2 amide bonds.